The van der Waals surface area contributed by atoms with E-state index in [0.717, 1.165) is 42.0 Å². The van der Waals surface area contributed by atoms with Gasteiger partial charge in [0.25, 0.3) is 0 Å². The van der Waals surface area contributed by atoms with Crippen molar-refractivity contribution in [3.05, 3.63) is 102 Å². The fourth-order valence-corrected chi connectivity index (χ4v) is 12.0. The summed E-state index contributed by atoms with van der Waals surface area (Å²) >= 11 is 0. The number of carbonyl (C=O) groups is 2. The third kappa shape index (κ3) is 7.55. The van der Waals surface area contributed by atoms with E-state index in [1.54, 1.807) is 7.11 Å². The Morgan fingerprint density at radius 2 is 1.74 bits per heavy atom. The van der Waals surface area contributed by atoms with Crippen LogP contribution in [0, 0.1) is 5.92 Å². The minimum Gasteiger partial charge on any atom is -0.497 e. The quantitative estimate of drug-likeness (QED) is 0.105. The lowest BCUT2D eigenvalue weighted by molar-refractivity contribution is -0.153. The van der Waals surface area contributed by atoms with Gasteiger partial charge in [-0.3, -0.25) is 19.2 Å². The van der Waals surface area contributed by atoms with Crippen molar-refractivity contribution < 1.29 is 28.9 Å². The van der Waals surface area contributed by atoms with Crippen molar-refractivity contribution in [2.75, 3.05) is 18.6 Å². The number of ether oxygens (including phenoxy) is 3. The monoisotopic (exact) mass is 696 g/mol. The highest BCUT2D eigenvalue weighted by atomic mass is 28.3. The number of carbonyl (C=O) groups excluding carboxylic acids is 2. The van der Waals surface area contributed by atoms with E-state index in [9.17, 15) is 14.7 Å². The predicted molar refractivity (Wildman–Crippen MR) is 194 cm³/mol. The van der Waals surface area contributed by atoms with Crippen LogP contribution in [0.5, 0.6) is 5.75 Å². The first-order chi connectivity index (χ1) is 24.1. The van der Waals surface area contributed by atoms with Crippen molar-refractivity contribution in [1.82, 2.24) is 15.0 Å². The molecule has 6 rings (SSSR count). The maximum absolute atomic E-state index is 12.3. The summed E-state index contributed by atoms with van der Waals surface area (Å²) in [5, 5.41) is 20.4. The van der Waals surface area contributed by atoms with E-state index in [2.05, 4.69) is 54.6 Å². The Hall–Kier alpha value is -4.32. The Morgan fingerprint density at radius 1 is 1.02 bits per heavy atom. The molecule has 10 nitrogen and oxygen atoms in total. The zero-order valence-electron chi connectivity index (χ0n) is 29.6. The third-order valence-corrected chi connectivity index (χ3v) is 15.0. The molecule has 1 N–H and O–H groups in total. The summed E-state index contributed by atoms with van der Waals surface area (Å²) in [5.41, 5.74) is 4.05. The molecule has 3 aromatic carbocycles. The molecule has 2 fully saturated rings. The highest BCUT2D eigenvalue weighted by molar-refractivity contribution is 6.91. The second kappa shape index (κ2) is 15.3. The molecule has 2 aliphatic heterocycles. The molecule has 0 bridgehead atoms. The molecule has 2 unspecified atom stereocenters. The van der Waals surface area contributed by atoms with Crippen LogP contribution in [0.1, 0.15) is 55.8 Å². The highest BCUT2D eigenvalue weighted by Crippen LogP contribution is 2.46. The number of methoxy groups -OCH3 is 1. The van der Waals surface area contributed by atoms with Crippen molar-refractivity contribution in [2.24, 2.45) is 5.92 Å². The van der Waals surface area contributed by atoms with Gasteiger partial charge in [0.2, 0.25) is 5.91 Å². The standard InChI is InChI=1S/C39H48N4O6Si/c1-26-35(20-13-28-11-14-30(15-12-28)43-37(46)23-38(43)48-27(2)45)49-36(39(26)50(4,5)32-18-16-31(47-3)17-19-32)21-22-42-24-34(40-41-42)33(25-44)29-9-7-6-8-10-29/h6-12,14-19,24,26,33,35-36,38-39,44H,13,20-23,25H2,1-5H3/t26-,33?,35+,36-,38?,39+/m0/s1. The molecule has 11 heteroatoms. The van der Waals surface area contributed by atoms with Gasteiger partial charge in [-0.25, -0.2) is 0 Å². The summed E-state index contributed by atoms with van der Waals surface area (Å²) in [4.78, 5) is 25.3. The number of anilines is 1. The molecule has 6 atom stereocenters. The topological polar surface area (TPSA) is 116 Å². The minimum absolute atomic E-state index is 0.0364. The number of aromatic nitrogens is 3. The van der Waals surface area contributed by atoms with Gasteiger partial charge in [-0.05, 0) is 66.1 Å². The van der Waals surface area contributed by atoms with Crippen molar-refractivity contribution in [2.45, 2.75) is 89.1 Å². The Bertz CT molecular complexity index is 1750. The van der Waals surface area contributed by atoms with Gasteiger partial charge in [0.05, 0.1) is 52.0 Å². The van der Waals surface area contributed by atoms with E-state index in [0.29, 0.717) is 18.0 Å². The molecule has 0 radical (unpaired) electrons. The Morgan fingerprint density at radius 3 is 2.38 bits per heavy atom. The maximum atomic E-state index is 12.3. The summed E-state index contributed by atoms with van der Waals surface area (Å²) in [6.07, 6.45) is 4.29. The number of hydrogen-bond donors (Lipinski definition) is 1. The van der Waals surface area contributed by atoms with Gasteiger partial charge in [0.15, 0.2) is 6.23 Å². The van der Waals surface area contributed by atoms with Crippen molar-refractivity contribution in [3.8, 4) is 5.75 Å². The average Bonchev–Trinajstić information content (AvgIpc) is 3.71. The van der Waals surface area contributed by atoms with Gasteiger partial charge in [0, 0.05) is 25.4 Å². The lowest BCUT2D eigenvalue weighted by atomic mass is 9.95. The van der Waals surface area contributed by atoms with Crippen LogP contribution >= 0.6 is 0 Å². The average molecular weight is 697 g/mol. The van der Waals surface area contributed by atoms with Gasteiger partial charge in [-0.2, -0.15) is 0 Å². The fourth-order valence-electron chi connectivity index (χ4n) is 7.93. The van der Waals surface area contributed by atoms with E-state index in [1.165, 1.54) is 22.6 Å². The lowest BCUT2D eigenvalue weighted by Crippen LogP contribution is -2.54. The van der Waals surface area contributed by atoms with Gasteiger partial charge < -0.3 is 19.3 Å². The van der Waals surface area contributed by atoms with E-state index in [4.69, 9.17) is 14.2 Å². The number of hydrogen-bond acceptors (Lipinski definition) is 8. The number of rotatable bonds is 14. The number of β-lactam (4-membered cyclic amide) rings is 1. The maximum Gasteiger partial charge on any atom is 0.304 e. The van der Waals surface area contributed by atoms with Crippen LogP contribution in [0.3, 0.4) is 0 Å². The number of aliphatic hydroxyl groups excluding tert-OH is 1. The van der Waals surface area contributed by atoms with Crippen LogP contribution in [-0.2, 0) is 32.0 Å². The van der Waals surface area contributed by atoms with Crippen LogP contribution in [0.25, 0.3) is 0 Å². The van der Waals surface area contributed by atoms with Gasteiger partial charge in [-0.15, -0.1) is 5.10 Å². The summed E-state index contributed by atoms with van der Waals surface area (Å²) in [6, 6.07) is 26.4. The summed E-state index contributed by atoms with van der Waals surface area (Å²) in [5.74, 6) is 0.531. The Balaban J connectivity index is 1.16. The molecule has 0 spiro atoms. The number of aryl methyl sites for hydroxylation is 2. The molecule has 264 valence electrons. The SMILES string of the molecule is COc1ccc([Si](C)(C)[C@@H]2[C@@H](C)[C@@H](CCc3ccc(N4C(=O)CC4OC(C)=O)cc3)O[C@H]2CCn2cc(C(CO)c3ccccc3)nn2)cc1. The molecule has 1 amide bonds. The van der Waals surface area contributed by atoms with Gasteiger partial charge in [-0.1, -0.05) is 85.0 Å². The van der Waals surface area contributed by atoms with Gasteiger partial charge in [0.1, 0.15) is 5.75 Å². The van der Waals surface area contributed by atoms with Crippen molar-refractivity contribution in [3.63, 3.8) is 0 Å². The molecule has 0 aliphatic carbocycles. The van der Waals surface area contributed by atoms with Crippen molar-refractivity contribution >= 4 is 30.8 Å². The smallest absolute Gasteiger partial charge is 0.304 e. The van der Waals surface area contributed by atoms with E-state index in [-0.39, 0.29) is 37.1 Å². The first kappa shape index (κ1) is 35.5. The van der Waals surface area contributed by atoms with E-state index < -0.39 is 20.3 Å². The molecule has 2 aliphatic rings. The Kier molecular flexibility index (Phi) is 10.9. The second-order valence-corrected chi connectivity index (χ2v) is 18.8. The summed E-state index contributed by atoms with van der Waals surface area (Å²) < 4.78 is 19.6. The number of esters is 1. The molecular formula is C39H48N4O6Si. The largest absolute Gasteiger partial charge is 0.497 e. The second-order valence-electron chi connectivity index (χ2n) is 14.1. The number of amides is 1. The Labute approximate surface area is 295 Å². The summed E-state index contributed by atoms with van der Waals surface area (Å²) in [6.45, 7) is 9.24. The molecule has 1 aromatic heterocycles. The van der Waals surface area contributed by atoms with Crippen molar-refractivity contribution in [1.29, 1.82) is 0 Å². The number of benzene rings is 3. The van der Waals surface area contributed by atoms with Crippen LogP contribution in [0.15, 0.2) is 85.1 Å². The predicted octanol–water partition coefficient (Wildman–Crippen LogP) is 5.45. The van der Waals surface area contributed by atoms with Crippen LogP contribution < -0.4 is 14.8 Å². The number of nitrogens with zero attached hydrogens (tertiary/aromatic N) is 4. The normalized spacial score (nSPS) is 22.6. The first-order valence-corrected chi connectivity index (χ1v) is 20.6. The van der Waals surface area contributed by atoms with E-state index >= 15 is 0 Å². The van der Waals surface area contributed by atoms with Crippen LogP contribution in [-0.4, -0.2) is 72.2 Å². The van der Waals surface area contributed by atoms with Gasteiger partial charge >= 0.3 is 5.97 Å². The molecule has 50 heavy (non-hydrogen) atoms. The zero-order chi connectivity index (χ0) is 35.4. The lowest BCUT2D eigenvalue weighted by Gasteiger charge is -2.39. The molecular weight excluding hydrogens is 649 g/mol. The fraction of sp³-hybridized carbons (Fsp3) is 0.436. The third-order valence-electron chi connectivity index (χ3n) is 10.7. The van der Waals surface area contributed by atoms with E-state index in [1.807, 2.05) is 65.5 Å². The minimum atomic E-state index is -2.03. The number of aliphatic hydroxyl groups is 1. The van der Waals surface area contributed by atoms with Crippen LogP contribution in [0.4, 0.5) is 5.69 Å². The zero-order valence-corrected chi connectivity index (χ0v) is 30.6. The molecule has 4 aromatic rings. The molecule has 3 heterocycles. The molecule has 2 saturated heterocycles. The van der Waals surface area contributed by atoms with Crippen LogP contribution in [0.2, 0.25) is 18.6 Å². The first-order valence-electron chi connectivity index (χ1n) is 17.5. The highest BCUT2D eigenvalue weighted by Gasteiger charge is 2.50. The molecule has 0 saturated carbocycles. The summed E-state index contributed by atoms with van der Waals surface area (Å²) in [7, 11) is -0.339.